The van der Waals surface area contributed by atoms with Crippen molar-refractivity contribution in [1.82, 2.24) is 14.8 Å². The van der Waals surface area contributed by atoms with Gasteiger partial charge in [-0.1, -0.05) is 6.92 Å². The summed E-state index contributed by atoms with van der Waals surface area (Å²) in [5, 5.41) is 14.4. The number of hydrogen-bond donors (Lipinski definition) is 1. The Hall–Kier alpha value is -0.720. The number of aliphatic hydroxyl groups is 1. The van der Waals surface area contributed by atoms with Gasteiger partial charge in [0, 0.05) is 27.2 Å². The first-order valence-corrected chi connectivity index (χ1v) is 7.53. The van der Waals surface area contributed by atoms with Crippen LogP contribution in [0.2, 0.25) is 0 Å². The molecule has 98 valence electrons. The van der Waals surface area contributed by atoms with Crippen LogP contribution < -0.4 is 0 Å². The smallest absolute Gasteiger partial charge is 0.138 e. The monoisotopic (exact) mass is 329 g/mol. The fourth-order valence-electron chi connectivity index (χ4n) is 1.76. The van der Waals surface area contributed by atoms with E-state index in [0.29, 0.717) is 6.42 Å². The zero-order chi connectivity index (χ0) is 13.1. The molecule has 6 heteroatoms. The fraction of sp³-hybridized carbons (Fsp3) is 0.500. The van der Waals surface area contributed by atoms with Crippen LogP contribution in [0, 0.1) is 6.92 Å². The highest BCUT2D eigenvalue weighted by Crippen LogP contribution is 2.31. The van der Waals surface area contributed by atoms with Gasteiger partial charge in [-0.15, -0.1) is 11.3 Å². The minimum atomic E-state index is -0.514. The van der Waals surface area contributed by atoms with Crippen LogP contribution in [0.5, 0.6) is 0 Å². The van der Waals surface area contributed by atoms with E-state index in [1.807, 2.05) is 17.7 Å². The van der Waals surface area contributed by atoms with Gasteiger partial charge in [0.25, 0.3) is 0 Å². The van der Waals surface area contributed by atoms with Crippen LogP contribution in [0.4, 0.5) is 0 Å². The van der Waals surface area contributed by atoms with Gasteiger partial charge < -0.3 is 5.11 Å². The number of aryl methyl sites for hydroxylation is 2. The molecule has 1 unspecified atom stereocenters. The predicted molar refractivity (Wildman–Crippen MR) is 75.7 cm³/mol. The van der Waals surface area contributed by atoms with Crippen molar-refractivity contribution < 1.29 is 5.11 Å². The first-order chi connectivity index (χ1) is 8.61. The molecule has 1 N–H and O–H groups in total. The average Bonchev–Trinajstić information content (AvgIpc) is 2.88. The minimum Gasteiger partial charge on any atom is -0.387 e. The molecule has 2 rings (SSSR count). The summed E-state index contributed by atoms with van der Waals surface area (Å²) in [6.07, 6.45) is 2.55. The van der Waals surface area contributed by atoms with Gasteiger partial charge in [0.05, 0.1) is 6.10 Å². The lowest BCUT2D eigenvalue weighted by molar-refractivity contribution is 0.177. The summed E-state index contributed by atoms with van der Waals surface area (Å²) in [7, 11) is 0. The molecule has 0 amide bonds. The van der Waals surface area contributed by atoms with Crippen molar-refractivity contribution in [2.45, 2.75) is 39.3 Å². The Morgan fingerprint density at radius 2 is 2.33 bits per heavy atom. The Bertz CT molecular complexity index is 504. The van der Waals surface area contributed by atoms with Gasteiger partial charge in [-0.25, -0.2) is 4.98 Å². The van der Waals surface area contributed by atoms with Crippen molar-refractivity contribution in [2.75, 3.05) is 0 Å². The first-order valence-electron chi connectivity index (χ1n) is 5.92. The number of nitrogens with zero attached hydrogens (tertiary/aromatic N) is 3. The number of thiophene rings is 1. The molecule has 18 heavy (non-hydrogen) atoms. The summed E-state index contributed by atoms with van der Waals surface area (Å²) >= 11 is 5.08. The van der Waals surface area contributed by atoms with Gasteiger partial charge in [-0.2, -0.15) is 5.10 Å². The third-order valence-corrected chi connectivity index (χ3v) is 4.95. The van der Waals surface area contributed by atoms with Crippen LogP contribution in [-0.2, 0) is 13.0 Å². The van der Waals surface area contributed by atoms with Gasteiger partial charge in [0.2, 0.25) is 0 Å². The lowest BCUT2D eigenvalue weighted by Gasteiger charge is -2.09. The molecule has 2 aromatic heterocycles. The van der Waals surface area contributed by atoms with Gasteiger partial charge in [0.1, 0.15) is 12.2 Å². The summed E-state index contributed by atoms with van der Waals surface area (Å²) in [4.78, 5) is 6.36. The number of halogens is 1. The van der Waals surface area contributed by atoms with E-state index in [-0.39, 0.29) is 0 Å². The second-order valence-electron chi connectivity index (χ2n) is 4.17. The van der Waals surface area contributed by atoms with Crippen LogP contribution >= 0.6 is 27.3 Å². The lowest BCUT2D eigenvalue weighted by Crippen LogP contribution is -2.09. The molecule has 1 atom stereocenters. The van der Waals surface area contributed by atoms with Gasteiger partial charge >= 0.3 is 0 Å². The van der Waals surface area contributed by atoms with Crippen molar-refractivity contribution in [3.05, 3.63) is 32.4 Å². The number of rotatable bonds is 5. The van der Waals surface area contributed by atoms with E-state index >= 15 is 0 Å². The highest BCUT2D eigenvalue weighted by Gasteiger charge is 2.16. The highest BCUT2D eigenvalue weighted by molar-refractivity contribution is 9.10. The van der Waals surface area contributed by atoms with Gasteiger partial charge in [0.15, 0.2) is 0 Å². The van der Waals surface area contributed by atoms with E-state index < -0.39 is 6.10 Å². The second-order valence-corrected chi connectivity index (χ2v) is 6.31. The first kappa shape index (κ1) is 13.7. The number of aromatic nitrogens is 3. The molecule has 0 bridgehead atoms. The van der Waals surface area contributed by atoms with E-state index in [2.05, 4.69) is 32.9 Å². The summed E-state index contributed by atoms with van der Waals surface area (Å²) in [5.74, 6) is 0.839. The largest absolute Gasteiger partial charge is 0.387 e. The minimum absolute atomic E-state index is 0.506. The lowest BCUT2D eigenvalue weighted by atomic mass is 10.2. The van der Waals surface area contributed by atoms with Crippen LogP contribution in [0.3, 0.4) is 0 Å². The Balaban J connectivity index is 2.10. The van der Waals surface area contributed by atoms with Crippen molar-refractivity contribution in [2.24, 2.45) is 0 Å². The molecule has 2 aromatic rings. The number of aliphatic hydroxyl groups excluding tert-OH is 1. The third-order valence-electron chi connectivity index (χ3n) is 2.71. The van der Waals surface area contributed by atoms with E-state index in [1.54, 1.807) is 17.7 Å². The zero-order valence-electron chi connectivity index (χ0n) is 10.4. The summed E-state index contributed by atoms with van der Waals surface area (Å²) in [6.45, 7) is 4.97. The maximum Gasteiger partial charge on any atom is 0.138 e. The van der Waals surface area contributed by atoms with E-state index in [9.17, 15) is 5.11 Å². The summed E-state index contributed by atoms with van der Waals surface area (Å²) < 4.78 is 2.91. The molecule has 4 nitrogen and oxygen atoms in total. The zero-order valence-corrected chi connectivity index (χ0v) is 12.8. The normalized spacial score (nSPS) is 12.9. The van der Waals surface area contributed by atoms with E-state index in [1.165, 1.54) is 4.88 Å². The molecule has 0 radical (unpaired) electrons. The maximum atomic E-state index is 10.2. The van der Waals surface area contributed by atoms with Gasteiger partial charge in [-0.3, -0.25) is 4.68 Å². The molecule has 0 fully saturated rings. The van der Waals surface area contributed by atoms with Crippen molar-refractivity contribution >= 4 is 27.3 Å². The van der Waals surface area contributed by atoms with Crippen LogP contribution in [0.25, 0.3) is 0 Å². The molecule has 0 aliphatic rings. The predicted octanol–water partition coefficient (Wildman–Crippen LogP) is 3.10. The molecule has 0 saturated carbocycles. The van der Waals surface area contributed by atoms with Crippen molar-refractivity contribution in [3.63, 3.8) is 0 Å². The third kappa shape index (κ3) is 2.99. The fourth-order valence-corrected chi connectivity index (χ4v) is 3.31. The standard InChI is InChI=1S/C12H16BrN3OS/c1-3-4-16-12(14-7-15-16)6-10(17)11-5-9(13)8(2)18-11/h5,7,10,17H,3-4,6H2,1-2H3. The van der Waals surface area contributed by atoms with Crippen molar-refractivity contribution in [1.29, 1.82) is 0 Å². The topological polar surface area (TPSA) is 50.9 Å². The molecular weight excluding hydrogens is 314 g/mol. The molecule has 2 heterocycles. The quantitative estimate of drug-likeness (QED) is 0.916. The van der Waals surface area contributed by atoms with E-state index in [4.69, 9.17) is 0 Å². The highest BCUT2D eigenvalue weighted by atomic mass is 79.9. The SMILES string of the molecule is CCCn1ncnc1CC(O)c1cc(Br)c(C)s1. The summed E-state index contributed by atoms with van der Waals surface area (Å²) in [6, 6.07) is 1.98. The molecular formula is C12H16BrN3OS. The van der Waals surface area contributed by atoms with Crippen LogP contribution in [0.1, 0.15) is 35.0 Å². The van der Waals surface area contributed by atoms with E-state index in [0.717, 1.165) is 28.1 Å². The molecule has 0 aliphatic carbocycles. The average molecular weight is 330 g/mol. The van der Waals surface area contributed by atoms with Gasteiger partial charge in [-0.05, 0) is 35.3 Å². The Morgan fingerprint density at radius 1 is 1.56 bits per heavy atom. The maximum absolute atomic E-state index is 10.2. The summed E-state index contributed by atoms with van der Waals surface area (Å²) in [5.41, 5.74) is 0. The number of hydrogen-bond acceptors (Lipinski definition) is 4. The van der Waals surface area contributed by atoms with Crippen LogP contribution in [0.15, 0.2) is 16.9 Å². The van der Waals surface area contributed by atoms with Crippen molar-refractivity contribution in [3.8, 4) is 0 Å². The molecule has 0 aliphatic heterocycles. The van der Waals surface area contributed by atoms with Crippen LogP contribution in [-0.4, -0.2) is 19.9 Å². The molecule has 0 aromatic carbocycles. The molecule has 0 saturated heterocycles. The molecule has 0 spiro atoms. The second kappa shape index (κ2) is 5.95. The Morgan fingerprint density at radius 3 is 2.94 bits per heavy atom. The Labute approximate surface area is 119 Å². The Kier molecular flexibility index (Phi) is 4.53.